The minimum Gasteiger partial charge on any atom is -0.314 e. The molecular weight excluding hydrogens is 119 g/mol. The predicted molar refractivity (Wildman–Crippen MR) is 35.2 cm³/mol. The highest BCUT2D eigenvalue weighted by Gasteiger charge is 2.21. The Morgan fingerprint density at radius 1 is 1.67 bits per heavy atom. The zero-order valence-electron chi connectivity index (χ0n) is 5.65. The number of hydrogen-bond acceptors (Lipinski definition) is 2. The largest absolute Gasteiger partial charge is 0.314 e. The van der Waals surface area contributed by atoms with Gasteiger partial charge in [0.05, 0.1) is 0 Å². The van der Waals surface area contributed by atoms with Crippen molar-refractivity contribution in [2.45, 2.75) is 18.6 Å². The van der Waals surface area contributed by atoms with E-state index >= 15 is 0 Å². The van der Waals surface area contributed by atoms with Crippen LogP contribution in [0.15, 0.2) is 0 Å². The molecule has 0 aromatic rings. The zero-order valence-corrected chi connectivity index (χ0v) is 5.65. The minimum atomic E-state index is -0.705. The first-order valence-electron chi connectivity index (χ1n) is 3.36. The van der Waals surface area contributed by atoms with Crippen LogP contribution in [0.25, 0.3) is 0 Å². The van der Waals surface area contributed by atoms with Gasteiger partial charge in [0.15, 0.2) is 0 Å². The smallest absolute Gasteiger partial charge is 0.128 e. The van der Waals surface area contributed by atoms with E-state index in [1.165, 1.54) is 0 Å². The SMILES string of the molecule is CNC1CCNC[C@H]1F. The van der Waals surface area contributed by atoms with Gasteiger partial charge in [0.1, 0.15) is 6.17 Å². The molecule has 2 nitrogen and oxygen atoms in total. The number of rotatable bonds is 1. The van der Waals surface area contributed by atoms with Crippen molar-refractivity contribution in [1.29, 1.82) is 0 Å². The third-order valence-electron chi connectivity index (χ3n) is 1.78. The lowest BCUT2D eigenvalue weighted by Crippen LogP contribution is -2.47. The van der Waals surface area contributed by atoms with Crippen LogP contribution >= 0.6 is 0 Å². The highest BCUT2D eigenvalue weighted by Crippen LogP contribution is 2.05. The highest BCUT2D eigenvalue weighted by atomic mass is 19.1. The predicted octanol–water partition coefficient (Wildman–Crippen LogP) is -0.0942. The van der Waals surface area contributed by atoms with Crippen molar-refractivity contribution < 1.29 is 4.39 Å². The Morgan fingerprint density at radius 2 is 2.44 bits per heavy atom. The van der Waals surface area contributed by atoms with Crippen molar-refractivity contribution in [1.82, 2.24) is 10.6 Å². The Bertz CT molecular complexity index is 87.1. The maximum absolute atomic E-state index is 12.7. The van der Waals surface area contributed by atoms with Crippen molar-refractivity contribution in [2.24, 2.45) is 0 Å². The molecule has 9 heavy (non-hydrogen) atoms. The summed E-state index contributed by atoms with van der Waals surface area (Å²) in [5.41, 5.74) is 0. The van der Waals surface area contributed by atoms with E-state index in [1.54, 1.807) is 0 Å². The third kappa shape index (κ3) is 1.63. The Hall–Kier alpha value is -0.150. The van der Waals surface area contributed by atoms with Gasteiger partial charge < -0.3 is 10.6 Å². The van der Waals surface area contributed by atoms with E-state index in [0.29, 0.717) is 6.54 Å². The fourth-order valence-corrected chi connectivity index (χ4v) is 1.15. The number of nitrogens with one attached hydrogen (secondary N) is 2. The molecule has 0 saturated carbocycles. The molecule has 1 saturated heterocycles. The lowest BCUT2D eigenvalue weighted by Gasteiger charge is -2.25. The third-order valence-corrected chi connectivity index (χ3v) is 1.78. The Morgan fingerprint density at radius 3 is 2.89 bits per heavy atom. The molecule has 2 N–H and O–H groups in total. The average Bonchev–Trinajstić information content (AvgIpc) is 1.89. The van der Waals surface area contributed by atoms with E-state index in [2.05, 4.69) is 10.6 Å². The maximum Gasteiger partial charge on any atom is 0.128 e. The van der Waals surface area contributed by atoms with Crippen molar-refractivity contribution >= 4 is 0 Å². The van der Waals surface area contributed by atoms with Crippen LogP contribution in [-0.4, -0.2) is 32.4 Å². The summed E-state index contributed by atoms with van der Waals surface area (Å²) in [6.07, 6.45) is 0.196. The van der Waals surface area contributed by atoms with Gasteiger partial charge in [0.25, 0.3) is 0 Å². The number of piperidine rings is 1. The molecule has 0 bridgehead atoms. The molecule has 0 spiro atoms. The van der Waals surface area contributed by atoms with Crippen LogP contribution in [0.5, 0.6) is 0 Å². The maximum atomic E-state index is 12.7. The van der Waals surface area contributed by atoms with Crippen LogP contribution in [0, 0.1) is 0 Å². The van der Waals surface area contributed by atoms with Crippen LogP contribution in [0.2, 0.25) is 0 Å². The second-order valence-corrected chi connectivity index (χ2v) is 2.40. The van der Waals surface area contributed by atoms with Gasteiger partial charge in [0.2, 0.25) is 0 Å². The van der Waals surface area contributed by atoms with E-state index in [0.717, 1.165) is 13.0 Å². The summed E-state index contributed by atoms with van der Waals surface area (Å²) in [6.45, 7) is 1.44. The van der Waals surface area contributed by atoms with Gasteiger partial charge in [-0.1, -0.05) is 0 Å². The summed E-state index contributed by atoms with van der Waals surface area (Å²) in [7, 11) is 1.81. The molecule has 1 unspecified atom stereocenters. The molecule has 0 radical (unpaired) electrons. The summed E-state index contributed by atoms with van der Waals surface area (Å²) in [5, 5.41) is 5.92. The lowest BCUT2D eigenvalue weighted by molar-refractivity contribution is 0.210. The monoisotopic (exact) mass is 132 g/mol. The first-order valence-corrected chi connectivity index (χ1v) is 3.36. The van der Waals surface area contributed by atoms with Crippen LogP contribution in [0.3, 0.4) is 0 Å². The number of alkyl halides is 1. The van der Waals surface area contributed by atoms with E-state index < -0.39 is 6.17 Å². The molecule has 0 amide bonds. The first-order chi connectivity index (χ1) is 4.34. The molecular formula is C6H13FN2. The van der Waals surface area contributed by atoms with Crippen LogP contribution in [0.1, 0.15) is 6.42 Å². The highest BCUT2D eigenvalue weighted by molar-refractivity contribution is 4.81. The fraction of sp³-hybridized carbons (Fsp3) is 1.00. The topological polar surface area (TPSA) is 24.1 Å². The molecule has 0 aromatic heterocycles. The normalized spacial score (nSPS) is 36.7. The summed E-state index contributed by atoms with van der Waals surface area (Å²) < 4.78 is 12.7. The molecule has 1 aliphatic heterocycles. The van der Waals surface area contributed by atoms with Crippen molar-refractivity contribution in [3.8, 4) is 0 Å². The quantitative estimate of drug-likeness (QED) is 0.521. The van der Waals surface area contributed by atoms with E-state index in [9.17, 15) is 4.39 Å². The molecule has 54 valence electrons. The van der Waals surface area contributed by atoms with Gasteiger partial charge in [-0.25, -0.2) is 4.39 Å². The zero-order chi connectivity index (χ0) is 6.69. The van der Waals surface area contributed by atoms with Gasteiger partial charge in [-0.05, 0) is 20.0 Å². The average molecular weight is 132 g/mol. The van der Waals surface area contributed by atoms with Gasteiger partial charge >= 0.3 is 0 Å². The number of hydrogen-bond donors (Lipinski definition) is 2. The summed E-state index contributed by atoms with van der Waals surface area (Å²) in [4.78, 5) is 0. The molecule has 0 aromatic carbocycles. The summed E-state index contributed by atoms with van der Waals surface area (Å²) in [5.74, 6) is 0. The lowest BCUT2D eigenvalue weighted by atomic mass is 10.1. The summed E-state index contributed by atoms with van der Waals surface area (Å²) >= 11 is 0. The summed E-state index contributed by atoms with van der Waals surface area (Å²) in [6, 6.07) is 0.0752. The second kappa shape index (κ2) is 3.13. The van der Waals surface area contributed by atoms with Gasteiger partial charge in [-0.2, -0.15) is 0 Å². The van der Waals surface area contributed by atoms with Gasteiger partial charge in [-0.15, -0.1) is 0 Å². The van der Waals surface area contributed by atoms with E-state index in [4.69, 9.17) is 0 Å². The molecule has 0 aliphatic carbocycles. The van der Waals surface area contributed by atoms with Crippen molar-refractivity contribution in [3.63, 3.8) is 0 Å². The van der Waals surface area contributed by atoms with Gasteiger partial charge in [-0.3, -0.25) is 0 Å². The fourth-order valence-electron chi connectivity index (χ4n) is 1.15. The number of halogens is 1. The van der Waals surface area contributed by atoms with Crippen LogP contribution < -0.4 is 10.6 Å². The standard InChI is InChI=1S/C6H13FN2/c1-8-6-2-3-9-4-5(6)7/h5-6,8-9H,2-4H2,1H3/t5-,6?/m1/s1. The molecule has 1 fully saturated rings. The molecule has 1 heterocycles. The van der Waals surface area contributed by atoms with Crippen molar-refractivity contribution in [3.05, 3.63) is 0 Å². The minimum absolute atomic E-state index is 0.0752. The molecule has 3 heteroatoms. The van der Waals surface area contributed by atoms with Gasteiger partial charge in [0, 0.05) is 12.6 Å². The van der Waals surface area contributed by atoms with Crippen LogP contribution in [0.4, 0.5) is 4.39 Å². The molecule has 2 atom stereocenters. The van der Waals surface area contributed by atoms with Crippen molar-refractivity contribution in [2.75, 3.05) is 20.1 Å². The Kier molecular flexibility index (Phi) is 2.42. The first kappa shape index (κ1) is 6.96. The Labute approximate surface area is 54.8 Å². The molecule has 1 rings (SSSR count). The molecule has 1 aliphatic rings. The second-order valence-electron chi connectivity index (χ2n) is 2.40. The Balaban J connectivity index is 2.30. The van der Waals surface area contributed by atoms with E-state index in [1.807, 2.05) is 7.05 Å². The van der Waals surface area contributed by atoms with E-state index in [-0.39, 0.29) is 6.04 Å². The van der Waals surface area contributed by atoms with Crippen LogP contribution in [-0.2, 0) is 0 Å².